The predicted octanol–water partition coefficient (Wildman–Crippen LogP) is 4.81. The van der Waals surface area contributed by atoms with Gasteiger partial charge in [-0.3, -0.25) is 0 Å². The number of halogens is 1. The number of thiocarbonyl (C=S) groups is 1. The third kappa shape index (κ3) is 4.13. The van der Waals surface area contributed by atoms with Gasteiger partial charge in [0.1, 0.15) is 5.82 Å². The number of hydrogen-bond donors (Lipinski definition) is 2. The third-order valence-electron chi connectivity index (χ3n) is 3.08. The minimum absolute atomic E-state index is 0.325. The van der Waals surface area contributed by atoms with Crippen molar-refractivity contribution in [3.05, 3.63) is 57.5 Å². The molecule has 7 heteroatoms. The Morgan fingerprint density at radius 1 is 1.26 bits per heavy atom. The van der Waals surface area contributed by atoms with E-state index < -0.39 is 0 Å². The number of nitrogens with one attached hydrogen (secondary N) is 2. The summed E-state index contributed by atoms with van der Waals surface area (Å²) >= 11 is 8.52. The molecule has 0 aliphatic rings. The summed E-state index contributed by atoms with van der Waals surface area (Å²) in [6, 6.07) is 10.6. The molecule has 0 saturated carbocycles. The highest BCUT2D eigenvalue weighted by atomic mass is 32.1. The summed E-state index contributed by atoms with van der Waals surface area (Å²) in [5, 5.41) is 9.47. The van der Waals surface area contributed by atoms with Crippen LogP contribution in [0.5, 0.6) is 0 Å². The van der Waals surface area contributed by atoms with Crippen LogP contribution >= 0.6 is 34.9 Å². The molecule has 0 amide bonds. The Hall–Kier alpha value is -1.83. The van der Waals surface area contributed by atoms with E-state index in [2.05, 4.69) is 27.1 Å². The van der Waals surface area contributed by atoms with Gasteiger partial charge in [-0.05, 0) is 43.4 Å². The van der Waals surface area contributed by atoms with Crippen LogP contribution in [-0.4, -0.2) is 10.1 Å². The first-order chi connectivity index (χ1) is 11.1. The number of hydrogen-bond acceptors (Lipinski definition) is 4. The standard InChI is InChI=1S/C16H14FN3S3/c1-10-19-14(9-22-10)15-7-6-11(23-15)8-18-16(21)20-13-5-3-2-4-12(13)17/h2-7,9H,8H2,1H3,(H2,18,20,21). The highest BCUT2D eigenvalue weighted by Crippen LogP contribution is 2.28. The number of para-hydroxylation sites is 1. The molecule has 3 rings (SSSR count). The Labute approximate surface area is 147 Å². The lowest BCUT2D eigenvalue weighted by Crippen LogP contribution is -2.27. The Morgan fingerprint density at radius 3 is 2.83 bits per heavy atom. The fraction of sp³-hybridized carbons (Fsp3) is 0.125. The Kier molecular flexibility index (Phi) is 5.00. The third-order valence-corrected chi connectivity index (χ3v) is 5.21. The lowest BCUT2D eigenvalue weighted by atomic mass is 10.3. The SMILES string of the molecule is Cc1nc(-c2ccc(CNC(=S)Nc3ccccc3F)s2)cs1. The molecular formula is C16H14FN3S3. The molecule has 23 heavy (non-hydrogen) atoms. The minimum atomic E-state index is -0.325. The highest BCUT2D eigenvalue weighted by Gasteiger charge is 2.07. The highest BCUT2D eigenvalue weighted by molar-refractivity contribution is 7.80. The van der Waals surface area contributed by atoms with Crippen molar-refractivity contribution >= 4 is 45.7 Å². The molecule has 118 valence electrons. The van der Waals surface area contributed by atoms with Gasteiger partial charge in [-0.2, -0.15) is 0 Å². The lowest BCUT2D eigenvalue weighted by molar-refractivity contribution is 0.632. The second kappa shape index (κ2) is 7.16. The number of anilines is 1. The van der Waals surface area contributed by atoms with Crippen molar-refractivity contribution in [2.24, 2.45) is 0 Å². The minimum Gasteiger partial charge on any atom is -0.358 e. The molecule has 0 atom stereocenters. The van der Waals surface area contributed by atoms with Crippen LogP contribution in [0, 0.1) is 12.7 Å². The molecule has 3 nitrogen and oxygen atoms in total. The summed E-state index contributed by atoms with van der Waals surface area (Å²) in [7, 11) is 0. The van der Waals surface area contributed by atoms with Crippen LogP contribution in [-0.2, 0) is 6.54 Å². The monoisotopic (exact) mass is 363 g/mol. The summed E-state index contributed by atoms with van der Waals surface area (Å²) in [6.07, 6.45) is 0. The van der Waals surface area contributed by atoms with Gasteiger partial charge in [0.25, 0.3) is 0 Å². The topological polar surface area (TPSA) is 37.0 Å². The molecule has 0 aliphatic heterocycles. The summed E-state index contributed by atoms with van der Waals surface area (Å²) < 4.78 is 13.6. The zero-order valence-electron chi connectivity index (χ0n) is 12.3. The van der Waals surface area contributed by atoms with Gasteiger partial charge in [0.2, 0.25) is 0 Å². The van der Waals surface area contributed by atoms with Crippen molar-refractivity contribution in [3.8, 4) is 10.6 Å². The van der Waals surface area contributed by atoms with Crippen molar-refractivity contribution in [3.63, 3.8) is 0 Å². The molecule has 2 aromatic heterocycles. The maximum atomic E-state index is 13.6. The first-order valence-corrected chi connectivity index (χ1v) is 9.03. The van der Waals surface area contributed by atoms with Crippen molar-refractivity contribution in [1.82, 2.24) is 10.3 Å². The van der Waals surface area contributed by atoms with Crippen LogP contribution in [0.4, 0.5) is 10.1 Å². The number of benzene rings is 1. The molecule has 0 aliphatic carbocycles. The molecule has 1 aromatic carbocycles. The first-order valence-electron chi connectivity index (χ1n) is 6.92. The molecule has 0 fully saturated rings. The van der Waals surface area contributed by atoms with Crippen molar-refractivity contribution in [2.75, 3.05) is 5.32 Å². The molecule has 2 N–H and O–H groups in total. The fourth-order valence-electron chi connectivity index (χ4n) is 1.98. The number of thiophene rings is 1. The van der Waals surface area contributed by atoms with E-state index in [1.807, 2.05) is 13.0 Å². The Morgan fingerprint density at radius 2 is 2.09 bits per heavy atom. The number of thiazole rings is 1. The number of nitrogens with zero attached hydrogens (tertiary/aromatic N) is 1. The van der Waals surface area contributed by atoms with E-state index in [9.17, 15) is 4.39 Å². The molecule has 3 aromatic rings. The smallest absolute Gasteiger partial charge is 0.171 e. The van der Waals surface area contributed by atoms with E-state index in [4.69, 9.17) is 12.2 Å². The summed E-state index contributed by atoms with van der Waals surface area (Å²) in [4.78, 5) is 6.76. The lowest BCUT2D eigenvalue weighted by Gasteiger charge is -2.10. The van der Waals surface area contributed by atoms with E-state index in [0.717, 1.165) is 20.5 Å². The zero-order valence-corrected chi connectivity index (χ0v) is 14.7. The molecule has 0 bridgehead atoms. The normalized spacial score (nSPS) is 10.5. The van der Waals surface area contributed by atoms with Gasteiger partial charge >= 0.3 is 0 Å². The van der Waals surface area contributed by atoms with E-state index >= 15 is 0 Å². The van der Waals surface area contributed by atoms with Gasteiger partial charge in [-0.1, -0.05) is 12.1 Å². The van der Waals surface area contributed by atoms with Gasteiger partial charge in [0.15, 0.2) is 5.11 Å². The van der Waals surface area contributed by atoms with Gasteiger partial charge in [0.05, 0.1) is 27.8 Å². The van der Waals surface area contributed by atoms with Crippen LogP contribution in [0.2, 0.25) is 0 Å². The molecule has 0 saturated heterocycles. The quantitative estimate of drug-likeness (QED) is 0.653. The van der Waals surface area contributed by atoms with Gasteiger partial charge < -0.3 is 10.6 Å². The summed E-state index contributed by atoms with van der Waals surface area (Å²) in [5.74, 6) is -0.325. The van der Waals surface area contributed by atoms with Crippen molar-refractivity contribution in [2.45, 2.75) is 13.5 Å². The van der Waals surface area contributed by atoms with E-state index in [0.29, 0.717) is 17.3 Å². The fourth-order valence-corrected chi connectivity index (χ4v) is 3.76. The van der Waals surface area contributed by atoms with Crippen LogP contribution in [0.3, 0.4) is 0 Å². The summed E-state index contributed by atoms with van der Waals surface area (Å²) in [5.41, 5.74) is 1.38. The van der Waals surface area contributed by atoms with E-state index in [1.54, 1.807) is 40.9 Å². The van der Waals surface area contributed by atoms with E-state index in [1.165, 1.54) is 6.07 Å². The largest absolute Gasteiger partial charge is 0.358 e. The van der Waals surface area contributed by atoms with Crippen molar-refractivity contribution < 1.29 is 4.39 Å². The van der Waals surface area contributed by atoms with Crippen LogP contribution in [0.1, 0.15) is 9.88 Å². The van der Waals surface area contributed by atoms with Crippen LogP contribution in [0.15, 0.2) is 41.8 Å². The Balaban J connectivity index is 1.57. The predicted molar refractivity (Wildman–Crippen MR) is 99.6 cm³/mol. The maximum Gasteiger partial charge on any atom is 0.171 e. The molecule has 0 radical (unpaired) electrons. The average molecular weight is 364 g/mol. The molecule has 0 spiro atoms. The second-order valence-electron chi connectivity index (χ2n) is 4.81. The second-order valence-corrected chi connectivity index (χ2v) is 7.44. The van der Waals surface area contributed by atoms with Crippen molar-refractivity contribution in [1.29, 1.82) is 0 Å². The number of rotatable bonds is 4. The Bertz CT molecular complexity index is 825. The number of aryl methyl sites for hydroxylation is 1. The summed E-state index contributed by atoms with van der Waals surface area (Å²) in [6.45, 7) is 2.59. The van der Waals surface area contributed by atoms with E-state index in [-0.39, 0.29) is 5.82 Å². The average Bonchev–Trinajstić information content (AvgIpc) is 3.16. The van der Waals surface area contributed by atoms with Gasteiger partial charge in [-0.15, -0.1) is 22.7 Å². The number of aromatic nitrogens is 1. The molecular weight excluding hydrogens is 349 g/mol. The zero-order chi connectivity index (χ0) is 16.2. The molecule has 0 unspecified atom stereocenters. The first kappa shape index (κ1) is 16.0. The van der Waals surface area contributed by atoms with Gasteiger partial charge in [-0.25, -0.2) is 9.37 Å². The van der Waals surface area contributed by atoms with Gasteiger partial charge in [0, 0.05) is 10.3 Å². The maximum absolute atomic E-state index is 13.6. The van der Waals surface area contributed by atoms with Crippen LogP contribution < -0.4 is 10.6 Å². The molecule has 2 heterocycles. The van der Waals surface area contributed by atoms with Crippen LogP contribution in [0.25, 0.3) is 10.6 Å².